The Morgan fingerprint density at radius 1 is 0.962 bits per heavy atom. The third-order valence-corrected chi connectivity index (χ3v) is 4.23. The van der Waals surface area contributed by atoms with Crippen molar-refractivity contribution in [1.29, 1.82) is 0 Å². The van der Waals surface area contributed by atoms with E-state index in [-0.39, 0.29) is 0 Å². The fourth-order valence-corrected chi connectivity index (χ4v) is 2.77. The molecule has 136 valence electrons. The molecule has 1 aliphatic heterocycles. The number of hydrogen-bond donors (Lipinski definition) is 2. The first-order chi connectivity index (χ1) is 12.8. The molecule has 0 aromatic heterocycles. The van der Waals surface area contributed by atoms with Crippen LogP contribution in [0.25, 0.3) is 0 Å². The Balaban J connectivity index is 1.41. The third kappa shape index (κ3) is 6.18. The first-order valence-corrected chi connectivity index (χ1v) is 9.12. The van der Waals surface area contributed by atoms with E-state index in [9.17, 15) is 0 Å². The van der Waals surface area contributed by atoms with Crippen LogP contribution in [0, 0.1) is 0 Å². The molecule has 3 rings (SSSR count). The lowest BCUT2D eigenvalue weighted by Crippen LogP contribution is -2.42. The van der Waals surface area contributed by atoms with Gasteiger partial charge in [-0.3, -0.25) is 4.90 Å². The van der Waals surface area contributed by atoms with Crippen molar-refractivity contribution in [3.8, 4) is 0 Å². The second-order valence-electron chi connectivity index (χ2n) is 5.92. The van der Waals surface area contributed by atoms with Crippen LogP contribution in [0.1, 0.15) is 0 Å². The molecule has 0 saturated carbocycles. The highest BCUT2D eigenvalue weighted by Crippen LogP contribution is 2.19. The van der Waals surface area contributed by atoms with E-state index in [4.69, 9.17) is 17.0 Å². The molecule has 0 unspecified atom stereocenters. The van der Waals surface area contributed by atoms with Crippen molar-refractivity contribution in [3.05, 3.63) is 54.6 Å². The van der Waals surface area contributed by atoms with Crippen molar-refractivity contribution in [2.24, 2.45) is 10.2 Å². The van der Waals surface area contributed by atoms with Crippen LogP contribution in [0.15, 0.2) is 64.8 Å². The molecule has 0 atom stereocenters. The molecule has 1 aliphatic rings. The summed E-state index contributed by atoms with van der Waals surface area (Å²) in [5.41, 5.74) is 2.55. The maximum Gasteiger partial charge on any atom is 0.170 e. The highest BCUT2D eigenvalue weighted by atomic mass is 32.1. The predicted octanol–water partition coefficient (Wildman–Crippen LogP) is 3.72. The summed E-state index contributed by atoms with van der Waals surface area (Å²) in [5, 5.41) is 15.5. The summed E-state index contributed by atoms with van der Waals surface area (Å²) in [4.78, 5) is 2.37. The Morgan fingerprint density at radius 3 is 2.31 bits per heavy atom. The first-order valence-electron chi connectivity index (χ1n) is 8.71. The maximum atomic E-state index is 5.34. The van der Waals surface area contributed by atoms with E-state index >= 15 is 0 Å². The van der Waals surface area contributed by atoms with E-state index in [1.165, 1.54) is 0 Å². The Labute approximate surface area is 159 Å². The number of anilines is 1. The Morgan fingerprint density at radius 2 is 1.62 bits per heavy atom. The zero-order valence-electron chi connectivity index (χ0n) is 14.6. The van der Waals surface area contributed by atoms with E-state index in [0.717, 1.165) is 56.5 Å². The summed E-state index contributed by atoms with van der Waals surface area (Å²) in [7, 11) is 0. The molecule has 0 amide bonds. The lowest BCUT2D eigenvalue weighted by molar-refractivity contribution is 0.0389. The fraction of sp³-hybridized carbons (Fsp3) is 0.316. The molecule has 0 aliphatic carbocycles. The lowest BCUT2D eigenvalue weighted by Gasteiger charge is -2.26. The molecule has 0 bridgehead atoms. The number of rotatable bonds is 6. The van der Waals surface area contributed by atoms with E-state index in [2.05, 4.69) is 25.8 Å². The molecule has 2 N–H and O–H groups in total. The van der Waals surface area contributed by atoms with Gasteiger partial charge in [-0.2, -0.15) is 10.2 Å². The monoisotopic (exact) mass is 369 g/mol. The third-order valence-electron chi connectivity index (χ3n) is 3.98. The van der Waals surface area contributed by atoms with Crippen LogP contribution in [0.3, 0.4) is 0 Å². The maximum absolute atomic E-state index is 5.34. The molecule has 0 radical (unpaired) electrons. The van der Waals surface area contributed by atoms with Crippen LogP contribution in [0.4, 0.5) is 17.1 Å². The summed E-state index contributed by atoms with van der Waals surface area (Å²) in [6.45, 7) is 5.38. The standard InChI is InChI=1S/C19H23N5OS/c26-19(20-10-11-24-12-14-25-15-13-24)21-16-6-8-18(9-7-16)23-22-17-4-2-1-3-5-17/h1-9H,10-15H2,(H2,20,21,26). The number of ether oxygens (including phenoxy) is 1. The average Bonchev–Trinajstić information content (AvgIpc) is 2.69. The van der Waals surface area contributed by atoms with Gasteiger partial charge in [0.2, 0.25) is 0 Å². The van der Waals surface area contributed by atoms with E-state index in [1.54, 1.807) is 0 Å². The minimum atomic E-state index is 0.622. The Kier molecular flexibility index (Phi) is 7.06. The SMILES string of the molecule is S=C(NCCN1CCOCC1)Nc1ccc(N=Nc2ccccc2)cc1. The second kappa shape index (κ2) is 9.96. The van der Waals surface area contributed by atoms with E-state index < -0.39 is 0 Å². The van der Waals surface area contributed by atoms with Crippen LogP contribution >= 0.6 is 12.2 Å². The molecule has 6 nitrogen and oxygen atoms in total. The molecular formula is C19H23N5OS. The summed E-state index contributed by atoms with van der Waals surface area (Å²) < 4.78 is 5.34. The number of nitrogens with one attached hydrogen (secondary N) is 2. The molecule has 2 aromatic carbocycles. The minimum absolute atomic E-state index is 0.622. The van der Waals surface area contributed by atoms with Crippen LogP contribution in [0.5, 0.6) is 0 Å². The predicted molar refractivity (Wildman–Crippen MR) is 109 cm³/mol. The average molecular weight is 369 g/mol. The molecule has 1 fully saturated rings. The summed E-state index contributed by atoms with van der Waals surface area (Å²) in [6, 6.07) is 17.4. The summed E-state index contributed by atoms with van der Waals surface area (Å²) in [5.74, 6) is 0. The quantitative estimate of drug-likeness (QED) is 0.600. The smallest absolute Gasteiger partial charge is 0.170 e. The highest BCUT2D eigenvalue weighted by Gasteiger charge is 2.09. The van der Waals surface area contributed by atoms with Crippen LogP contribution in [0.2, 0.25) is 0 Å². The van der Waals surface area contributed by atoms with Crippen LogP contribution in [-0.4, -0.2) is 49.4 Å². The summed E-state index contributed by atoms with van der Waals surface area (Å²) in [6.07, 6.45) is 0. The number of nitrogens with zero attached hydrogens (tertiary/aromatic N) is 3. The first kappa shape index (κ1) is 18.4. The van der Waals surface area contributed by atoms with Crippen LogP contribution in [-0.2, 0) is 4.74 Å². The molecule has 0 spiro atoms. The molecule has 2 aromatic rings. The topological polar surface area (TPSA) is 61.2 Å². The minimum Gasteiger partial charge on any atom is -0.379 e. The van der Waals surface area contributed by atoms with Crippen molar-refractivity contribution in [2.75, 3.05) is 44.7 Å². The Bertz CT molecular complexity index is 714. The zero-order chi connectivity index (χ0) is 18.0. The lowest BCUT2D eigenvalue weighted by atomic mass is 10.3. The van der Waals surface area contributed by atoms with Gasteiger partial charge in [-0.15, -0.1) is 0 Å². The van der Waals surface area contributed by atoms with Crippen molar-refractivity contribution in [2.45, 2.75) is 0 Å². The number of morpholine rings is 1. The molecule has 26 heavy (non-hydrogen) atoms. The van der Waals surface area contributed by atoms with Crippen molar-refractivity contribution >= 4 is 34.4 Å². The molecular weight excluding hydrogens is 346 g/mol. The number of benzene rings is 2. The van der Waals surface area contributed by atoms with Gasteiger partial charge in [-0.05, 0) is 48.6 Å². The highest BCUT2D eigenvalue weighted by molar-refractivity contribution is 7.80. The van der Waals surface area contributed by atoms with Gasteiger partial charge in [0.05, 0.1) is 24.6 Å². The van der Waals surface area contributed by atoms with Gasteiger partial charge in [-0.25, -0.2) is 0 Å². The van der Waals surface area contributed by atoms with Gasteiger partial charge in [0.1, 0.15) is 0 Å². The largest absolute Gasteiger partial charge is 0.379 e. The molecule has 1 saturated heterocycles. The van der Waals surface area contributed by atoms with Gasteiger partial charge in [0, 0.05) is 31.9 Å². The number of thiocarbonyl (C=S) groups is 1. The van der Waals surface area contributed by atoms with Crippen molar-refractivity contribution in [3.63, 3.8) is 0 Å². The molecule has 7 heteroatoms. The van der Waals surface area contributed by atoms with Gasteiger partial charge < -0.3 is 15.4 Å². The van der Waals surface area contributed by atoms with Crippen molar-refractivity contribution < 1.29 is 4.74 Å². The summed E-state index contributed by atoms with van der Waals surface area (Å²) >= 11 is 5.34. The van der Waals surface area contributed by atoms with Crippen LogP contribution < -0.4 is 10.6 Å². The number of hydrogen-bond acceptors (Lipinski definition) is 5. The normalized spacial score (nSPS) is 15.1. The van der Waals surface area contributed by atoms with Gasteiger partial charge >= 0.3 is 0 Å². The van der Waals surface area contributed by atoms with E-state index in [1.807, 2.05) is 54.6 Å². The van der Waals surface area contributed by atoms with Gasteiger partial charge in [-0.1, -0.05) is 18.2 Å². The van der Waals surface area contributed by atoms with Gasteiger partial charge in [0.25, 0.3) is 0 Å². The number of azo groups is 1. The Hall–Kier alpha value is -2.35. The van der Waals surface area contributed by atoms with Gasteiger partial charge in [0.15, 0.2) is 5.11 Å². The zero-order valence-corrected chi connectivity index (χ0v) is 15.4. The fourth-order valence-electron chi connectivity index (χ4n) is 2.55. The van der Waals surface area contributed by atoms with E-state index in [0.29, 0.717) is 5.11 Å². The van der Waals surface area contributed by atoms with Crippen molar-refractivity contribution in [1.82, 2.24) is 10.2 Å². The second-order valence-corrected chi connectivity index (χ2v) is 6.33. The molecule has 1 heterocycles.